The SMILES string of the molecule is CCCN1CCC(C#N)(NC(=O)C(N)Cc2ccc(Cl)c(Cl)c2)CC1. The predicted molar refractivity (Wildman–Crippen MR) is 101 cm³/mol. The van der Waals surface area contributed by atoms with Gasteiger partial charge in [0, 0.05) is 13.1 Å². The Morgan fingerprint density at radius 1 is 1.40 bits per heavy atom. The topological polar surface area (TPSA) is 82.2 Å². The van der Waals surface area contributed by atoms with Gasteiger partial charge in [-0.05, 0) is 49.9 Å². The van der Waals surface area contributed by atoms with Crippen LogP contribution in [0, 0.1) is 11.3 Å². The highest BCUT2D eigenvalue weighted by Gasteiger charge is 2.36. The minimum Gasteiger partial charge on any atom is -0.336 e. The number of nitrogens with two attached hydrogens (primary N) is 1. The van der Waals surface area contributed by atoms with Crippen LogP contribution in [-0.2, 0) is 11.2 Å². The molecule has 1 aromatic carbocycles. The quantitative estimate of drug-likeness (QED) is 0.792. The van der Waals surface area contributed by atoms with Gasteiger partial charge in [0.05, 0.1) is 22.2 Å². The zero-order chi connectivity index (χ0) is 18.4. The average molecular weight is 383 g/mol. The molecule has 1 heterocycles. The molecule has 0 radical (unpaired) electrons. The first-order valence-corrected chi connectivity index (χ1v) is 9.30. The van der Waals surface area contributed by atoms with Gasteiger partial charge >= 0.3 is 0 Å². The first-order valence-electron chi connectivity index (χ1n) is 8.54. The van der Waals surface area contributed by atoms with Gasteiger partial charge < -0.3 is 16.0 Å². The maximum atomic E-state index is 12.5. The molecule has 1 aliphatic heterocycles. The lowest BCUT2D eigenvalue weighted by atomic mass is 9.88. The van der Waals surface area contributed by atoms with Crippen LogP contribution in [0.3, 0.4) is 0 Å². The molecule has 25 heavy (non-hydrogen) atoms. The Morgan fingerprint density at radius 3 is 2.64 bits per heavy atom. The van der Waals surface area contributed by atoms with E-state index < -0.39 is 11.6 Å². The number of piperidine rings is 1. The molecular weight excluding hydrogens is 359 g/mol. The maximum absolute atomic E-state index is 12.5. The van der Waals surface area contributed by atoms with Crippen molar-refractivity contribution >= 4 is 29.1 Å². The number of likely N-dealkylation sites (tertiary alicyclic amines) is 1. The third-order valence-electron chi connectivity index (χ3n) is 4.60. The van der Waals surface area contributed by atoms with Crippen LogP contribution in [0.25, 0.3) is 0 Å². The molecule has 1 atom stereocenters. The van der Waals surface area contributed by atoms with Gasteiger partial charge in [-0.15, -0.1) is 0 Å². The van der Waals surface area contributed by atoms with Gasteiger partial charge in [0.2, 0.25) is 5.91 Å². The Kier molecular flexibility index (Phi) is 7.09. The lowest BCUT2D eigenvalue weighted by molar-refractivity contribution is -0.124. The van der Waals surface area contributed by atoms with Crippen molar-refractivity contribution in [1.82, 2.24) is 10.2 Å². The minimum absolute atomic E-state index is 0.309. The van der Waals surface area contributed by atoms with Gasteiger partial charge in [-0.25, -0.2) is 0 Å². The Morgan fingerprint density at radius 2 is 2.08 bits per heavy atom. The molecule has 1 amide bonds. The smallest absolute Gasteiger partial charge is 0.238 e. The largest absolute Gasteiger partial charge is 0.336 e. The number of carbonyl (C=O) groups excluding carboxylic acids is 1. The number of nitriles is 1. The summed E-state index contributed by atoms with van der Waals surface area (Å²) < 4.78 is 0. The number of hydrogen-bond acceptors (Lipinski definition) is 4. The van der Waals surface area contributed by atoms with Crippen molar-refractivity contribution in [3.63, 3.8) is 0 Å². The summed E-state index contributed by atoms with van der Waals surface area (Å²) in [6.45, 7) is 4.77. The van der Waals surface area contributed by atoms with Crippen LogP contribution >= 0.6 is 23.2 Å². The zero-order valence-electron chi connectivity index (χ0n) is 14.4. The standard InChI is InChI=1S/C18H24Cl2N4O/c1-2-7-24-8-5-18(12-21,6-9-24)23-17(25)16(22)11-13-3-4-14(19)15(20)10-13/h3-4,10,16H,2,5-9,11,22H2,1H3,(H,23,25). The molecule has 5 nitrogen and oxygen atoms in total. The number of amides is 1. The van der Waals surface area contributed by atoms with Gasteiger partial charge in [-0.3, -0.25) is 4.79 Å². The molecule has 7 heteroatoms. The van der Waals surface area contributed by atoms with E-state index in [1.54, 1.807) is 18.2 Å². The lowest BCUT2D eigenvalue weighted by Gasteiger charge is -2.38. The number of rotatable bonds is 6. The molecule has 0 aliphatic carbocycles. The summed E-state index contributed by atoms with van der Waals surface area (Å²) in [5, 5.41) is 13.4. The molecular formula is C18H24Cl2N4O. The van der Waals surface area contributed by atoms with Crippen LogP contribution in [0.1, 0.15) is 31.7 Å². The molecule has 3 N–H and O–H groups in total. The second-order valence-corrected chi connectivity index (χ2v) is 7.40. The van der Waals surface area contributed by atoms with E-state index in [2.05, 4.69) is 23.2 Å². The molecule has 1 aliphatic rings. The summed E-state index contributed by atoms with van der Waals surface area (Å²) in [5.41, 5.74) is 6.05. The van der Waals surface area contributed by atoms with Gasteiger partial charge in [-0.1, -0.05) is 36.2 Å². The molecule has 0 bridgehead atoms. The van der Waals surface area contributed by atoms with E-state index in [4.69, 9.17) is 28.9 Å². The first-order chi connectivity index (χ1) is 11.9. The Hall–Kier alpha value is -1.32. The number of benzene rings is 1. The zero-order valence-corrected chi connectivity index (χ0v) is 15.9. The summed E-state index contributed by atoms with van der Waals surface area (Å²) in [7, 11) is 0. The van der Waals surface area contributed by atoms with Crippen LogP contribution < -0.4 is 11.1 Å². The molecule has 0 spiro atoms. The summed E-state index contributed by atoms with van der Waals surface area (Å²) >= 11 is 11.9. The minimum atomic E-state index is -0.823. The number of carbonyl (C=O) groups is 1. The van der Waals surface area contributed by atoms with E-state index in [-0.39, 0.29) is 5.91 Å². The van der Waals surface area contributed by atoms with Crippen molar-refractivity contribution in [2.75, 3.05) is 19.6 Å². The monoisotopic (exact) mass is 382 g/mol. The van der Waals surface area contributed by atoms with Crippen molar-refractivity contribution in [2.24, 2.45) is 5.73 Å². The van der Waals surface area contributed by atoms with E-state index in [0.29, 0.717) is 29.3 Å². The molecule has 1 fully saturated rings. The summed E-state index contributed by atoms with van der Waals surface area (Å²) in [6, 6.07) is 6.74. The van der Waals surface area contributed by atoms with E-state index in [1.807, 2.05) is 0 Å². The molecule has 136 valence electrons. The van der Waals surface area contributed by atoms with Crippen molar-refractivity contribution in [3.8, 4) is 6.07 Å². The molecule has 1 saturated heterocycles. The van der Waals surface area contributed by atoms with Crippen LogP contribution in [-0.4, -0.2) is 42.0 Å². The highest BCUT2D eigenvalue weighted by Crippen LogP contribution is 2.24. The fourth-order valence-corrected chi connectivity index (χ4v) is 3.40. The van der Waals surface area contributed by atoms with Crippen molar-refractivity contribution in [3.05, 3.63) is 33.8 Å². The molecule has 0 aromatic heterocycles. The van der Waals surface area contributed by atoms with Gasteiger partial charge in [0.1, 0.15) is 5.54 Å². The number of hydrogen-bond donors (Lipinski definition) is 2. The van der Waals surface area contributed by atoms with Crippen LogP contribution in [0.5, 0.6) is 0 Å². The van der Waals surface area contributed by atoms with E-state index in [0.717, 1.165) is 31.6 Å². The molecule has 1 aromatic rings. The predicted octanol–water partition coefficient (Wildman–Crippen LogP) is 2.75. The molecule has 1 unspecified atom stereocenters. The maximum Gasteiger partial charge on any atom is 0.238 e. The Bertz CT molecular complexity index is 651. The summed E-state index contributed by atoms with van der Waals surface area (Å²) in [6.07, 6.45) is 2.66. The fourth-order valence-electron chi connectivity index (χ4n) is 3.08. The third kappa shape index (κ3) is 5.32. The Balaban J connectivity index is 1.95. The van der Waals surface area contributed by atoms with Gasteiger partial charge in [0.25, 0.3) is 0 Å². The second kappa shape index (κ2) is 8.86. The summed E-state index contributed by atoms with van der Waals surface area (Å²) in [5.74, 6) is -0.309. The first kappa shape index (κ1) is 20.0. The number of nitrogens with zero attached hydrogens (tertiary/aromatic N) is 2. The van der Waals surface area contributed by atoms with Crippen LogP contribution in [0.2, 0.25) is 10.0 Å². The number of nitrogens with one attached hydrogen (secondary N) is 1. The summed E-state index contributed by atoms with van der Waals surface area (Å²) in [4.78, 5) is 14.8. The normalized spacial score (nSPS) is 18.4. The van der Waals surface area contributed by atoms with Crippen molar-refractivity contribution in [1.29, 1.82) is 5.26 Å². The highest BCUT2D eigenvalue weighted by atomic mass is 35.5. The van der Waals surface area contributed by atoms with E-state index in [1.165, 1.54) is 0 Å². The highest BCUT2D eigenvalue weighted by molar-refractivity contribution is 6.42. The fraction of sp³-hybridized carbons (Fsp3) is 0.556. The van der Waals surface area contributed by atoms with Crippen LogP contribution in [0.4, 0.5) is 0 Å². The Labute approximate surface area is 159 Å². The van der Waals surface area contributed by atoms with Crippen LogP contribution in [0.15, 0.2) is 18.2 Å². The average Bonchev–Trinajstić information content (AvgIpc) is 2.60. The number of halogens is 2. The van der Waals surface area contributed by atoms with Crippen molar-refractivity contribution in [2.45, 2.75) is 44.2 Å². The van der Waals surface area contributed by atoms with E-state index >= 15 is 0 Å². The van der Waals surface area contributed by atoms with E-state index in [9.17, 15) is 10.1 Å². The van der Waals surface area contributed by atoms with Crippen molar-refractivity contribution < 1.29 is 4.79 Å². The third-order valence-corrected chi connectivity index (χ3v) is 5.34. The second-order valence-electron chi connectivity index (χ2n) is 6.58. The molecule has 0 saturated carbocycles. The lowest BCUT2D eigenvalue weighted by Crippen LogP contribution is -2.58. The van der Waals surface area contributed by atoms with Gasteiger partial charge in [-0.2, -0.15) is 5.26 Å². The molecule has 2 rings (SSSR count). The van der Waals surface area contributed by atoms with Gasteiger partial charge in [0.15, 0.2) is 0 Å².